The molecular weight excluding hydrogens is 392 g/mol. The quantitative estimate of drug-likeness (QED) is 0.339. The van der Waals surface area contributed by atoms with E-state index in [1.54, 1.807) is 73.8 Å². The molecule has 0 aromatic heterocycles. The molecule has 1 aliphatic heterocycles. The molecule has 0 amide bonds. The highest BCUT2D eigenvalue weighted by atomic mass is 35.5. The van der Waals surface area contributed by atoms with E-state index in [1.807, 2.05) is 0 Å². The lowest BCUT2D eigenvalue weighted by atomic mass is 10.1. The van der Waals surface area contributed by atoms with Gasteiger partial charge in [-0.3, -0.25) is 4.79 Å². The van der Waals surface area contributed by atoms with Crippen LogP contribution in [-0.4, -0.2) is 18.9 Å². The predicted octanol–water partition coefficient (Wildman–Crippen LogP) is 5.18. The van der Waals surface area contributed by atoms with Crippen LogP contribution >= 0.6 is 11.6 Å². The zero-order valence-electron chi connectivity index (χ0n) is 15.3. The Morgan fingerprint density at radius 2 is 1.66 bits per heavy atom. The number of carbonyl (C=O) groups excluding carboxylic acids is 2. The Kier molecular flexibility index (Phi) is 5.06. The topological polar surface area (TPSA) is 61.8 Å². The summed E-state index contributed by atoms with van der Waals surface area (Å²) in [5.74, 6) is 0.712. The zero-order valence-corrected chi connectivity index (χ0v) is 16.1. The summed E-state index contributed by atoms with van der Waals surface area (Å²) in [6.07, 6.45) is 1.64. The van der Waals surface area contributed by atoms with E-state index in [-0.39, 0.29) is 17.3 Å². The van der Waals surface area contributed by atoms with Crippen molar-refractivity contribution >= 4 is 29.4 Å². The number of ketones is 1. The van der Waals surface area contributed by atoms with E-state index >= 15 is 0 Å². The molecule has 0 aliphatic carbocycles. The largest absolute Gasteiger partial charge is 0.497 e. The van der Waals surface area contributed by atoms with Gasteiger partial charge in [-0.15, -0.1) is 0 Å². The molecule has 0 saturated carbocycles. The number of ether oxygens (including phenoxy) is 3. The molecule has 5 nitrogen and oxygen atoms in total. The van der Waals surface area contributed by atoms with Crippen molar-refractivity contribution in [1.29, 1.82) is 0 Å². The Morgan fingerprint density at radius 3 is 2.34 bits per heavy atom. The van der Waals surface area contributed by atoms with Crippen molar-refractivity contribution in [1.82, 2.24) is 0 Å². The van der Waals surface area contributed by atoms with Crippen LogP contribution in [0.4, 0.5) is 0 Å². The van der Waals surface area contributed by atoms with Gasteiger partial charge >= 0.3 is 5.97 Å². The minimum atomic E-state index is -0.520. The van der Waals surface area contributed by atoms with Crippen LogP contribution in [0.1, 0.15) is 26.3 Å². The van der Waals surface area contributed by atoms with Crippen molar-refractivity contribution in [3.63, 3.8) is 0 Å². The highest BCUT2D eigenvalue weighted by Gasteiger charge is 2.28. The average Bonchev–Trinajstić information content (AvgIpc) is 3.04. The monoisotopic (exact) mass is 406 g/mol. The number of carbonyl (C=O) groups is 2. The number of fused-ring (bicyclic) bond motifs is 1. The second-order valence-electron chi connectivity index (χ2n) is 6.27. The molecule has 0 atom stereocenters. The van der Waals surface area contributed by atoms with Crippen LogP contribution in [0.3, 0.4) is 0 Å². The zero-order chi connectivity index (χ0) is 20.4. The van der Waals surface area contributed by atoms with E-state index < -0.39 is 5.97 Å². The van der Waals surface area contributed by atoms with E-state index in [0.29, 0.717) is 27.6 Å². The highest BCUT2D eigenvalue weighted by Crippen LogP contribution is 2.35. The van der Waals surface area contributed by atoms with E-state index in [2.05, 4.69) is 0 Å². The third-order valence-corrected chi connectivity index (χ3v) is 4.60. The second-order valence-corrected chi connectivity index (χ2v) is 6.70. The molecule has 0 fully saturated rings. The van der Waals surface area contributed by atoms with Crippen molar-refractivity contribution in [3.8, 4) is 17.2 Å². The molecule has 0 spiro atoms. The van der Waals surface area contributed by atoms with Crippen LogP contribution in [0, 0.1) is 0 Å². The van der Waals surface area contributed by atoms with Crippen molar-refractivity contribution in [2.45, 2.75) is 0 Å². The predicted molar refractivity (Wildman–Crippen MR) is 109 cm³/mol. The molecular formula is C23H15ClO5. The number of rotatable bonds is 4. The molecule has 1 heterocycles. The van der Waals surface area contributed by atoms with Gasteiger partial charge in [0.1, 0.15) is 17.2 Å². The standard InChI is InChI=1S/C23H15ClO5/c1-27-17-8-4-15(5-9-17)23(26)28-18-10-11-19-20(13-18)29-21(22(19)25)12-14-2-6-16(24)7-3-14/h2-13H,1H3/b21-12-. The number of esters is 1. The van der Waals surface area contributed by atoms with Gasteiger partial charge in [0, 0.05) is 11.1 Å². The van der Waals surface area contributed by atoms with Crippen LogP contribution in [0.2, 0.25) is 5.02 Å². The summed E-state index contributed by atoms with van der Waals surface area (Å²) in [5, 5.41) is 0.609. The lowest BCUT2D eigenvalue weighted by molar-refractivity contribution is 0.0734. The Bertz CT molecular complexity index is 1120. The summed E-state index contributed by atoms with van der Waals surface area (Å²) >= 11 is 5.88. The van der Waals surface area contributed by atoms with Gasteiger partial charge in [-0.1, -0.05) is 23.7 Å². The van der Waals surface area contributed by atoms with Crippen LogP contribution in [0.25, 0.3) is 6.08 Å². The Labute approximate surface area is 172 Å². The summed E-state index contributed by atoms with van der Waals surface area (Å²) in [4.78, 5) is 24.9. The molecule has 6 heteroatoms. The van der Waals surface area contributed by atoms with Gasteiger partial charge in [0.2, 0.25) is 5.78 Å². The van der Waals surface area contributed by atoms with Gasteiger partial charge in [-0.25, -0.2) is 4.79 Å². The minimum absolute atomic E-state index is 0.195. The van der Waals surface area contributed by atoms with Crippen molar-refractivity contribution in [3.05, 3.63) is 94.2 Å². The summed E-state index contributed by atoms with van der Waals surface area (Å²) in [5.41, 5.74) is 1.58. The lowest BCUT2D eigenvalue weighted by Crippen LogP contribution is -2.08. The number of halogens is 1. The number of allylic oxidation sites excluding steroid dienone is 1. The second kappa shape index (κ2) is 7.81. The molecule has 29 heavy (non-hydrogen) atoms. The Hall–Kier alpha value is -3.57. The molecule has 0 unspecified atom stereocenters. The first-order valence-electron chi connectivity index (χ1n) is 8.73. The van der Waals surface area contributed by atoms with E-state index in [9.17, 15) is 9.59 Å². The van der Waals surface area contributed by atoms with Crippen LogP contribution in [0.5, 0.6) is 17.2 Å². The number of methoxy groups -OCH3 is 1. The highest BCUT2D eigenvalue weighted by molar-refractivity contribution is 6.30. The van der Waals surface area contributed by atoms with E-state index in [1.165, 1.54) is 6.07 Å². The number of benzene rings is 3. The maximum absolute atomic E-state index is 12.5. The van der Waals surface area contributed by atoms with Crippen molar-refractivity contribution < 1.29 is 23.8 Å². The van der Waals surface area contributed by atoms with Gasteiger partial charge < -0.3 is 14.2 Å². The molecule has 0 N–H and O–H groups in total. The van der Waals surface area contributed by atoms with Gasteiger partial charge in [-0.2, -0.15) is 0 Å². The fraction of sp³-hybridized carbons (Fsp3) is 0.0435. The Morgan fingerprint density at radius 1 is 0.966 bits per heavy atom. The van der Waals surface area contributed by atoms with Crippen LogP contribution < -0.4 is 14.2 Å². The SMILES string of the molecule is COc1ccc(C(=O)Oc2ccc3c(c2)O/C(=C\c2ccc(Cl)cc2)C3=O)cc1. The maximum atomic E-state index is 12.5. The van der Waals surface area contributed by atoms with Gasteiger partial charge in [0.25, 0.3) is 0 Å². The van der Waals surface area contributed by atoms with Crippen molar-refractivity contribution in [2.75, 3.05) is 7.11 Å². The summed E-state index contributed by atoms with van der Waals surface area (Å²) < 4.78 is 16.2. The normalized spacial score (nSPS) is 13.7. The molecule has 4 rings (SSSR count). The first kappa shape index (κ1) is 18.8. The van der Waals surface area contributed by atoms with Gasteiger partial charge in [-0.05, 0) is 60.2 Å². The third-order valence-electron chi connectivity index (χ3n) is 4.35. The Balaban J connectivity index is 1.52. The van der Waals surface area contributed by atoms with Gasteiger partial charge in [0.05, 0.1) is 18.2 Å². The summed E-state index contributed by atoms with van der Waals surface area (Å²) in [6.45, 7) is 0. The third kappa shape index (κ3) is 4.00. The fourth-order valence-corrected chi connectivity index (χ4v) is 2.96. The fourth-order valence-electron chi connectivity index (χ4n) is 2.83. The van der Waals surface area contributed by atoms with Gasteiger partial charge in [0.15, 0.2) is 5.76 Å². The molecule has 1 aliphatic rings. The first-order chi connectivity index (χ1) is 14.0. The first-order valence-corrected chi connectivity index (χ1v) is 9.11. The van der Waals surface area contributed by atoms with E-state index in [4.69, 9.17) is 25.8 Å². The minimum Gasteiger partial charge on any atom is -0.497 e. The van der Waals surface area contributed by atoms with Crippen LogP contribution in [-0.2, 0) is 0 Å². The molecule has 144 valence electrons. The van der Waals surface area contributed by atoms with Crippen molar-refractivity contribution in [2.24, 2.45) is 0 Å². The molecule has 3 aromatic carbocycles. The average molecular weight is 407 g/mol. The number of Topliss-reactive ketones (excluding diaryl/α,β-unsaturated/α-hetero) is 1. The van der Waals surface area contributed by atoms with E-state index in [0.717, 1.165) is 5.56 Å². The molecule has 3 aromatic rings. The van der Waals surface area contributed by atoms with Crippen LogP contribution in [0.15, 0.2) is 72.5 Å². The number of hydrogen-bond acceptors (Lipinski definition) is 5. The maximum Gasteiger partial charge on any atom is 0.343 e. The lowest BCUT2D eigenvalue weighted by Gasteiger charge is -2.06. The summed E-state index contributed by atoms with van der Waals surface area (Å²) in [6, 6.07) is 18.3. The molecule has 0 radical (unpaired) electrons. The molecule has 0 saturated heterocycles. The molecule has 0 bridgehead atoms. The number of hydrogen-bond donors (Lipinski definition) is 0. The summed E-state index contributed by atoms with van der Waals surface area (Å²) in [7, 11) is 1.55. The smallest absolute Gasteiger partial charge is 0.343 e.